The minimum absolute atomic E-state index is 0.0964. The van der Waals surface area contributed by atoms with E-state index in [1.54, 1.807) is 30.2 Å². The van der Waals surface area contributed by atoms with E-state index in [-0.39, 0.29) is 18.4 Å². The van der Waals surface area contributed by atoms with E-state index in [1.807, 2.05) is 42.5 Å². The Morgan fingerprint density at radius 2 is 1.71 bits per heavy atom. The molecule has 2 aromatic carbocycles. The number of aliphatic hydroxyl groups excluding tert-OH is 2. The van der Waals surface area contributed by atoms with Crippen LogP contribution < -0.4 is 15.7 Å². The second kappa shape index (κ2) is 8.60. The van der Waals surface area contributed by atoms with Gasteiger partial charge in [0.1, 0.15) is 18.5 Å². The number of aryl methyl sites for hydroxylation is 2. The van der Waals surface area contributed by atoms with Gasteiger partial charge in [-0.1, -0.05) is 18.2 Å². The van der Waals surface area contributed by atoms with Crippen LogP contribution >= 0.6 is 0 Å². The van der Waals surface area contributed by atoms with Gasteiger partial charge in [0, 0.05) is 27.2 Å². The standard InChI is InChI=1S/C21H27N3O4/c1-14(25)11-22-12-15-4-7-17(8-5-15)28-13-20(26)16-6-9-18-19(10-16)24(3)21(27)23(18)2/h4-10,14,20,22,25-26H,11-13H2,1-3H3. The summed E-state index contributed by atoms with van der Waals surface area (Å²) in [5, 5.41) is 22.9. The first-order chi connectivity index (χ1) is 13.4. The Morgan fingerprint density at radius 1 is 1.04 bits per heavy atom. The third kappa shape index (κ3) is 4.44. The Labute approximate surface area is 163 Å². The van der Waals surface area contributed by atoms with Crippen LogP contribution in [0.25, 0.3) is 11.0 Å². The van der Waals surface area contributed by atoms with Gasteiger partial charge in [-0.15, -0.1) is 0 Å². The van der Waals surface area contributed by atoms with Crippen molar-refractivity contribution in [2.24, 2.45) is 14.1 Å². The molecular formula is C21H27N3O4. The summed E-state index contributed by atoms with van der Waals surface area (Å²) in [5.74, 6) is 0.673. The Morgan fingerprint density at radius 3 is 2.39 bits per heavy atom. The van der Waals surface area contributed by atoms with Crippen LogP contribution in [0.15, 0.2) is 47.3 Å². The smallest absolute Gasteiger partial charge is 0.328 e. The van der Waals surface area contributed by atoms with Gasteiger partial charge in [-0.25, -0.2) is 4.79 Å². The molecule has 0 aliphatic heterocycles. The number of imidazole rings is 1. The normalized spacial score (nSPS) is 13.6. The van der Waals surface area contributed by atoms with E-state index in [0.717, 1.165) is 16.6 Å². The van der Waals surface area contributed by atoms with Gasteiger partial charge in [-0.2, -0.15) is 0 Å². The van der Waals surface area contributed by atoms with Gasteiger partial charge in [0.25, 0.3) is 0 Å². The molecule has 7 heteroatoms. The van der Waals surface area contributed by atoms with E-state index in [4.69, 9.17) is 4.74 Å². The Balaban J connectivity index is 1.61. The fraction of sp³-hybridized carbons (Fsp3) is 0.381. The Bertz CT molecular complexity index is 989. The highest BCUT2D eigenvalue weighted by atomic mass is 16.5. The number of aliphatic hydroxyl groups is 2. The van der Waals surface area contributed by atoms with Crippen molar-refractivity contribution in [3.05, 3.63) is 64.1 Å². The molecule has 2 atom stereocenters. The predicted molar refractivity (Wildman–Crippen MR) is 108 cm³/mol. The van der Waals surface area contributed by atoms with Crippen LogP contribution in [0.3, 0.4) is 0 Å². The maximum absolute atomic E-state index is 12.0. The largest absolute Gasteiger partial charge is 0.491 e. The molecule has 2 unspecified atom stereocenters. The molecule has 0 saturated heterocycles. The lowest BCUT2D eigenvalue weighted by molar-refractivity contribution is 0.108. The van der Waals surface area contributed by atoms with Crippen molar-refractivity contribution in [1.29, 1.82) is 0 Å². The zero-order valence-electron chi connectivity index (χ0n) is 16.4. The Hall–Kier alpha value is -2.61. The van der Waals surface area contributed by atoms with Crippen molar-refractivity contribution in [2.45, 2.75) is 25.7 Å². The highest BCUT2D eigenvalue weighted by Crippen LogP contribution is 2.21. The maximum Gasteiger partial charge on any atom is 0.328 e. The first kappa shape index (κ1) is 20.1. The highest BCUT2D eigenvalue weighted by Gasteiger charge is 2.13. The van der Waals surface area contributed by atoms with Gasteiger partial charge >= 0.3 is 5.69 Å². The first-order valence-corrected chi connectivity index (χ1v) is 9.30. The number of hydrogen-bond donors (Lipinski definition) is 3. The lowest BCUT2D eigenvalue weighted by Crippen LogP contribution is -2.23. The molecule has 0 amide bonds. The number of fused-ring (bicyclic) bond motifs is 1. The lowest BCUT2D eigenvalue weighted by atomic mass is 10.1. The van der Waals surface area contributed by atoms with Gasteiger partial charge < -0.3 is 20.3 Å². The average Bonchev–Trinajstić information content (AvgIpc) is 2.90. The fourth-order valence-electron chi connectivity index (χ4n) is 3.13. The number of nitrogens with one attached hydrogen (secondary N) is 1. The molecule has 0 aliphatic carbocycles. The number of benzene rings is 2. The average molecular weight is 385 g/mol. The number of hydrogen-bond acceptors (Lipinski definition) is 5. The van der Waals surface area contributed by atoms with Crippen molar-refractivity contribution in [3.8, 4) is 5.75 Å². The summed E-state index contributed by atoms with van der Waals surface area (Å²) < 4.78 is 8.86. The summed E-state index contributed by atoms with van der Waals surface area (Å²) in [5.41, 5.74) is 3.29. The summed E-state index contributed by atoms with van der Waals surface area (Å²) in [6, 6.07) is 13.1. The van der Waals surface area contributed by atoms with Crippen LogP contribution in [-0.4, -0.2) is 38.6 Å². The second-order valence-corrected chi connectivity index (χ2v) is 7.10. The fourth-order valence-corrected chi connectivity index (χ4v) is 3.13. The molecule has 1 aromatic heterocycles. The summed E-state index contributed by atoms with van der Waals surface area (Å²) in [6.07, 6.45) is -1.17. The second-order valence-electron chi connectivity index (χ2n) is 7.10. The molecule has 0 spiro atoms. The van der Waals surface area contributed by atoms with Crippen LogP contribution in [0.2, 0.25) is 0 Å². The highest BCUT2D eigenvalue weighted by molar-refractivity contribution is 5.76. The van der Waals surface area contributed by atoms with Crippen molar-refractivity contribution in [2.75, 3.05) is 13.2 Å². The van der Waals surface area contributed by atoms with Gasteiger partial charge in [0.2, 0.25) is 0 Å². The zero-order chi connectivity index (χ0) is 20.3. The van der Waals surface area contributed by atoms with E-state index in [9.17, 15) is 15.0 Å². The summed E-state index contributed by atoms with van der Waals surface area (Å²) in [4.78, 5) is 12.0. The first-order valence-electron chi connectivity index (χ1n) is 9.30. The topological polar surface area (TPSA) is 88.7 Å². The Kier molecular flexibility index (Phi) is 6.18. The molecule has 0 bridgehead atoms. The van der Waals surface area contributed by atoms with Crippen molar-refractivity contribution >= 4 is 11.0 Å². The van der Waals surface area contributed by atoms with E-state index in [1.165, 1.54) is 0 Å². The number of rotatable bonds is 8. The summed E-state index contributed by atoms with van der Waals surface area (Å²) in [7, 11) is 3.45. The molecule has 0 aliphatic rings. The third-order valence-electron chi connectivity index (χ3n) is 4.78. The minimum atomic E-state index is -0.799. The quantitative estimate of drug-likeness (QED) is 0.546. The SMILES string of the molecule is CC(O)CNCc1ccc(OCC(O)c2ccc3c(c2)n(C)c(=O)n3C)cc1. The molecule has 150 valence electrons. The van der Waals surface area contributed by atoms with E-state index in [2.05, 4.69) is 5.32 Å². The molecule has 7 nitrogen and oxygen atoms in total. The van der Waals surface area contributed by atoms with Crippen LogP contribution in [0.1, 0.15) is 24.2 Å². The van der Waals surface area contributed by atoms with E-state index < -0.39 is 6.10 Å². The number of aromatic nitrogens is 2. The summed E-state index contributed by atoms with van der Waals surface area (Å²) >= 11 is 0. The monoisotopic (exact) mass is 385 g/mol. The van der Waals surface area contributed by atoms with E-state index in [0.29, 0.717) is 24.4 Å². The van der Waals surface area contributed by atoms with Crippen LogP contribution in [0.4, 0.5) is 0 Å². The third-order valence-corrected chi connectivity index (χ3v) is 4.78. The molecule has 3 rings (SSSR count). The van der Waals surface area contributed by atoms with Crippen LogP contribution in [0, 0.1) is 0 Å². The van der Waals surface area contributed by atoms with Gasteiger partial charge in [-0.05, 0) is 42.3 Å². The molecule has 0 radical (unpaired) electrons. The predicted octanol–water partition coefficient (Wildman–Crippen LogP) is 1.46. The molecule has 3 N–H and O–H groups in total. The number of ether oxygens (including phenoxy) is 1. The summed E-state index contributed by atoms with van der Waals surface area (Å²) in [6.45, 7) is 3.07. The van der Waals surface area contributed by atoms with E-state index >= 15 is 0 Å². The molecular weight excluding hydrogens is 358 g/mol. The van der Waals surface area contributed by atoms with Gasteiger partial charge in [0.05, 0.1) is 17.1 Å². The lowest BCUT2D eigenvalue weighted by Gasteiger charge is -2.14. The molecule has 3 aromatic rings. The van der Waals surface area contributed by atoms with Crippen molar-refractivity contribution < 1.29 is 14.9 Å². The van der Waals surface area contributed by atoms with Crippen LogP contribution in [-0.2, 0) is 20.6 Å². The maximum atomic E-state index is 12.0. The van der Waals surface area contributed by atoms with Gasteiger partial charge in [-0.3, -0.25) is 9.13 Å². The molecule has 0 fully saturated rings. The van der Waals surface area contributed by atoms with Crippen LogP contribution in [0.5, 0.6) is 5.75 Å². The molecule has 28 heavy (non-hydrogen) atoms. The van der Waals surface area contributed by atoms with Crippen molar-refractivity contribution in [1.82, 2.24) is 14.5 Å². The van der Waals surface area contributed by atoms with Gasteiger partial charge in [0.15, 0.2) is 0 Å². The van der Waals surface area contributed by atoms with Crippen molar-refractivity contribution in [3.63, 3.8) is 0 Å². The molecule has 0 saturated carbocycles. The molecule has 1 heterocycles. The minimum Gasteiger partial charge on any atom is -0.491 e. The zero-order valence-corrected chi connectivity index (χ0v) is 16.4. The number of nitrogens with zero attached hydrogens (tertiary/aromatic N) is 2.